The van der Waals surface area contributed by atoms with Crippen LogP contribution in [0.5, 0.6) is 0 Å². The van der Waals surface area contributed by atoms with Crippen molar-refractivity contribution in [3.05, 3.63) is 29.3 Å². The Balaban J connectivity index is 2.28. The molecule has 0 aliphatic heterocycles. The number of tetrazole rings is 1. The van der Waals surface area contributed by atoms with Crippen LogP contribution in [0.4, 0.5) is 0 Å². The van der Waals surface area contributed by atoms with E-state index in [1.165, 1.54) is 24.4 Å². The molecule has 2 aromatic rings. The molecule has 0 aliphatic rings. The van der Waals surface area contributed by atoms with Gasteiger partial charge in [-0.15, -0.1) is 5.10 Å². The van der Waals surface area contributed by atoms with Crippen molar-refractivity contribution in [2.75, 3.05) is 7.11 Å². The fourth-order valence-corrected chi connectivity index (χ4v) is 2.48. The van der Waals surface area contributed by atoms with E-state index in [4.69, 9.17) is 4.74 Å². The molecule has 0 saturated heterocycles. The molecule has 2 rings (SSSR count). The molecule has 6 nitrogen and oxygen atoms in total. The minimum Gasteiger partial charge on any atom is -0.468 e. The number of rotatable bonds is 4. The van der Waals surface area contributed by atoms with E-state index in [-0.39, 0.29) is 11.2 Å². The lowest BCUT2D eigenvalue weighted by molar-refractivity contribution is -0.139. The third-order valence-electron chi connectivity index (χ3n) is 2.99. The summed E-state index contributed by atoms with van der Waals surface area (Å²) < 4.78 is 6.33. The Morgan fingerprint density at radius 1 is 1.35 bits per heavy atom. The van der Waals surface area contributed by atoms with E-state index in [1.807, 2.05) is 32.0 Å². The summed E-state index contributed by atoms with van der Waals surface area (Å²) in [5.41, 5.74) is 3.24. The first kappa shape index (κ1) is 14.5. The third-order valence-corrected chi connectivity index (χ3v) is 4.00. The molecule has 20 heavy (non-hydrogen) atoms. The van der Waals surface area contributed by atoms with Gasteiger partial charge in [0.1, 0.15) is 5.25 Å². The van der Waals surface area contributed by atoms with Crippen LogP contribution in [0.1, 0.15) is 18.1 Å². The number of hydrogen-bond donors (Lipinski definition) is 0. The summed E-state index contributed by atoms with van der Waals surface area (Å²) in [6.45, 7) is 5.84. The Bertz CT molecular complexity index is 627. The highest BCUT2D eigenvalue weighted by atomic mass is 32.2. The van der Waals surface area contributed by atoms with E-state index in [9.17, 15) is 4.79 Å². The van der Waals surface area contributed by atoms with Crippen molar-refractivity contribution in [1.29, 1.82) is 0 Å². The van der Waals surface area contributed by atoms with E-state index in [2.05, 4.69) is 15.5 Å². The Morgan fingerprint density at radius 3 is 2.75 bits per heavy atom. The number of aryl methyl sites for hydroxylation is 2. The number of benzene rings is 1. The number of thioether (sulfide) groups is 1. The summed E-state index contributed by atoms with van der Waals surface area (Å²) in [4.78, 5) is 11.5. The maximum Gasteiger partial charge on any atom is 0.318 e. The van der Waals surface area contributed by atoms with Crippen LogP contribution < -0.4 is 0 Å². The van der Waals surface area contributed by atoms with Gasteiger partial charge in [0.25, 0.3) is 0 Å². The molecule has 0 bridgehead atoms. The predicted molar refractivity (Wildman–Crippen MR) is 76.0 cm³/mol. The monoisotopic (exact) mass is 292 g/mol. The maximum absolute atomic E-state index is 11.5. The molecule has 0 N–H and O–H groups in total. The van der Waals surface area contributed by atoms with Crippen LogP contribution in [0.3, 0.4) is 0 Å². The Morgan fingerprint density at radius 2 is 2.10 bits per heavy atom. The number of carbonyl (C=O) groups is 1. The second kappa shape index (κ2) is 6.04. The lowest BCUT2D eigenvalue weighted by atomic mass is 10.1. The van der Waals surface area contributed by atoms with E-state index < -0.39 is 0 Å². The van der Waals surface area contributed by atoms with Gasteiger partial charge in [-0.3, -0.25) is 4.79 Å². The standard InChI is InChI=1S/C13H16N4O2S/c1-8-5-6-11(7-9(8)2)17-13(14-15-16-17)20-10(3)12(18)19-4/h5-7,10H,1-4H3/t10-/m0/s1. The second-order valence-corrected chi connectivity index (χ2v) is 5.73. The maximum atomic E-state index is 11.5. The summed E-state index contributed by atoms with van der Waals surface area (Å²) in [5.74, 6) is -0.301. The fraction of sp³-hybridized carbons (Fsp3) is 0.385. The van der Waals surface area contributed by atoms with Crippen LogP contribution in [0.2, 0.25) is 0 Å². The second-order valence-electron chi connectivity index (χ2n) is 4.43. The van der Waals surface area contributed by atoms with Gasteiger partial charge in [0.05, 0.1) is 12.8 Å². The van der Waals surface area contributed by atoms with Crippen LogP contribution in [-0.4, -0.2) is 38.5 Å². The Kier molecular flexibility index (Phi) is 4.39. The van der Waals surface area contributed by atoms with Crippen LogP contribution >= 0.6 is 11.8 Å². The van der Waals surface area contributed by atoms with Crippen LogP contribution in [0.15, 0.2) is 23.4 Å². The summed E-state index contributed by atoms with van der Waals surface area (Å²) in [5, 5.41) is 11.8. The third kappa shape index (κ3) is 2.98. The molecule has 1 aromatic carbocycles. The number of aromatic nitrogens is 4. The van der Waals surface area contributed by atoms with Crippen LogP contribution in [0, 0.1) is 13.8 Å². The molecule has 1 aromatic heterocycles. The van der Waals surface area contributed by atoms with Crippen molar-refractivity contribution in [3.63, 3.8) is 0 Å². The first-order chi connectivity index (χ1) is 9.52. The van der Waals surface area contributed by atoms with Gasteiger partial charge < -0.3 is 4.74 Å². The highest BCUT2D eigenvalue weighted by molar-refractivity contribution is 8.00. The Hall–Kier alpha value is -1.89. The molecule has 106 valence electrons. The number of nitrogens with zero attached hydrogens (tertiary/aromatic N) is 4. The lowest BCUT2D eigenvalue weighted by Gasteiger charge is -2.09. The van der Waals surface area contributed by atoms with Crippen molar-refractivity contribution in [2.45, 2.75) is 31.2 Å². The normalized spacial score (nSPS) is 12.2. The summed E-state index contributed by atoms with van der Waals surface area (Å²) in [6, 6.07) is 5.98. The van der Waals surface area contributed by atoms with Crippen molar-refractivity contribution >= 4 is 17.7 Å². The van der Waals surface area contributed by atoms with Crippen molar-refractivity contribution in [2.24, 2.45) is 0 Å². The number of hydrogen-bond acceptors (Lipinski definition) is 6. The van der Waals surface area contributed by atoms with Gasteiger partial charge in [-0.05, 0) is 54.5 Å². The average molecular weight is 292 g/mol. The number of methoxy groups -OCH3 is 1. The molecule has 0 radical (unpaired) electrons. The van der Waals surface area contributed by atoms with Crippen LogP contribution in [-0.2, 0) is 9.53 Å². The molecule has 0 spiro atoms. The van der Waals surface area contributed by atoms with Gasteiger partial charge >= 0.3 is 5.97 Å². The van der Waals surface area contributed by atoms with Crippen molar-refractivity contribution in [1.82, 2.24) is 20.2 Å². The lowest BCUT2D eigenvalue weighted by Crippen LogP contribution is -2.15. The summed E-state index contributed by atoms with van der Waals surface area (Å²) >= 11 is 1.27. The molecule has 0 fully saturated rings. The molecule has 0 unspecified atom stereocenters. The van der Waals surface area contributed by atoms with Gasteiger partial charge in [-0.2, -0.15) is 4.68 Å². The zero-order valence-corrected chi connectivity index (χ0v) is 12.6. The van der Waals surface area contributed by atoms with E-state index in [1.54, 1.807) is 11.6 Å². The summed E-state index contributed by atoms with van der Waals surface area (Å²) in [6.07, 6.45) is 0. The zero-order chi connectivity index (χ0) is 14.7. The van der Waals surface area contributed by atoms with Gasteiger partial charge in [0.2, 0.25) is 5.16 Å². The average Bonchev–Trinajstić information content (AvgIpc) is 2.89. The minimum atomic E-state index is -0.365. The molecule has 0 aliphatic carbocycles. The number of ether oxygens (including phenoxy) is 1. The predicted octanol–water partition coefficient (Wildman–Crippen LogP) is 1.93. The molecule has 7 heteroatoms. The molecule has 1 heterocycles. The van der Waals surface area contributed by atoms with E-state index >= 15 is 0 Å². The fourth-order valence-electron chi connectivity index (χ4n) is 1.64. The molecular formula is C13H16N4O2S. The molecule has 1 atom stereocenters. The van der Waals surface area contributed by atoms with E-state index in [0.717, 1.165) is 11.3 Å². The summed E-state index contributed by atoms with van der Waals surface area (Å²) in [7, 11) is 1.37. The van der Waals surface area contributed by atoms with Crippen molar-refractivity contribution < 1.29 is 9.53 Å². The highest BCUT2D eigenvalue weighted by Gasteiger charge is 2.19. The SMILES string of the molecule is COC(=O)[C@H](C)Sc1nnnn1-c1ccc(C)c(C)c1. The van der Waals surface area contributed by atoms with Gasteiger partial charge in [0.15, 0.2) is 0 Å². The highest BCUT2D eigenvalue weighted by Crippen LogP contribution is 2.24. The van der Waals surface area contributed by atoms with Crippen LogP contribution in [0.25, 0.3) is 5.69 Å². The smallest absolute Gasteiger partial charge is 0.318 e. The number of carbonyl (C=O) groups excluding carboxylic acids is 1. The van der Waals surface area contributed by atoms with Crippen molar-refractivity contribution in [3.8, 4) is 5.69 Å². The first-order valence-electron chi connectivity index (χ1n) is 6.13. The first-order valence-corrected chi connectivity index (χ1v) is 7.01. The van der Waals surface area contributed by atoms with Gasteiger partial charge in [-0.1, -0.05) is 17.8 Å². The zero-order valence-electron chi connectivity index (χ0n) is 11.8. The van der Waals surface area contributed by atoms with Gasteiger partial charge in [-0.25, -0.2) is 0 Å². The minimum absolute atomic E-state index is 0.301. The molecule has 0 amide bonds. The quantitative estimate of drug-likeness (QED) is 0.633. The largest absolute Gasteiger partial charge is 0.468 e. The van der Waals surface area contributed by atoms with E-state index in [0.29, 0.717) is 5.16 Å². The molecular weight excluding hydrogens is 276 g/mol. The Labute approximate surface area is 121 Å². The number of esters is 1. The topological polar surface area (TPSA) is 69.9 Å². The van der Waals surface area contributed by atoms with Gasteiger partial charge in [0, 0.05) is 0 Å². The molecule has 0 saturated carbocycles.